The molecule has 1 aliphatic carbocycles. The molecule has 1 amide bonds. The van der Waals surface area contributed by atoms with Crippen LogP contribution in [0.2, 0.25) is 0 Å². The lowest BCUT2D eigenvalue weighted by atomic mass is 9.98. The highest BCUT2D eigenvalue weighted by molar-refractivity contribution is 5.79. The highest BCUT2D eigenvalue weighted by Gasteiger charge is 2.31. The number of rotatable bonds is 6. The minimum absolute atomic E-state index is 0.0589. The van der Waals surface area contributed by atoms with Gasteiger partial charge in [-0.3, -0.25) is 4.79 Å². The van der Waals surface area contributed by atoms with Crippen molar-refractivity contribution in [2.75, 3.05) is 13.2 Å². The minimum Gasteiger partial charge on any atom is -0.449 e. The zero-order valence-corrected chi connectivity index (χ0v) is 17.4. The van der Waals surface area contributed by atoms with Gasteiger partial charge in [0.05, 0.1) is 5.56 Å². The van der Waals surface area contributed by atoms with Gasteiger partial charge in [0.15, 0.2) is 0 Å². The van der Waals surface area contributed by atoms with Crippen LogP contribution in [-0.2, 0) is 10.9 Å². The molecule has 7 heteroatoms. The lowest BCUT2D eigenvalue weighted by Gasteiger charge is -2.14. The van der Waals surface area contributed by atoms with Crippen LogP contribution in [0, 0.1) is 0 Å². The van der Waals surface area contributed by atoms with Crippen molar-refractivity contribution < 1.29 is 27.5 Å². The Bertz CT molecular complexity index is 1170. The molecular formula is C26H20F3NO3. The molecule has 0 unspecified atom stereocenters. The molecule has 0 radical (unpaired) electrons. The van der Waals surface area contributed by atoms with E-state index in [4.69, 9.17) is 4.74 Å². The number of hydrogen-bond acceptors (Lipinski definition) is 3. The van der Waals surface area contributed by atoms with E-state index in [0.29, 0.717) is 6.29 Å². The molecule has 0 saturated heterocycles. The fraction of sp³-hybridized carbons (Fsp3) is 0.154. The number of alkyl halides is 3. The zero-order valence-electron chi connectivity index (χ0n) is 17.4. The number of nitrogens with one attached hydrogen (secondary N) is 1. The van der Waals surface area contributed by atoms with E-state index in [1.165, 1.54) is 18.2 Å². The summed E-state index contributed by atoms with van der Waals surface area (Å²) in [4.78, 5) is 23.1. The second kappa shape index (κ2) is 9.32. The second-order valence-corrected chi connectivity index (χ2v) is 7.61. The number of aldehydes is 1. The van der Waals surface area contributed by atoms with Gasteiger partial charge in [-0.05, 0) is 46.0 Å². The third kappa shape index (κ3) is 4.98. The maximum absolute atomic E-state index is 13.0. The van der Waals surface area contributed by atoms with Crippen molar-refractivity contribution in [1.29, 1.82) is 0 Å². The van der Waals surface area contributed by atoms with Crippen LogP contribution < -0.4 is 5.32 Å². The molecule has 0 atom stereocenters. The van der Waals surface area contributed by atoms with Crippen LogP contribution in [0.5, 0.6) is 0 Å². The molecule has 4 nitrogen and oxygen atoms in total. The van der Waals surface area contributed by atoms with Gasteiger partial charge >= 0.3 is 12.3 Å². The third-order valence-electron chi connectivity index (χ3n) is 5.46. The highest BCUT2D eigenvalue weighted by atomic mass is 19.4. The van der Waals surface area contributed by atoms with Gasteiger partial charge in [-0.25, -0.2) is 4.79 Å². The van der Waals surface area contributed by atoms with Crippen molar-refractivity contribution in [1.82, 2.24) is 5.32 Å². The van der Waals surface area contributed by atoms with Crippen LogP contribution in [0.25, 0.3) is 17.2 Å². The summed E-state index contributed by atoms with van der Waals surface area (Å²) in [6, 6.07) is 19.0. The van der Waals surface area contributed by atoms with Crippen molar-refractivity contribution in [3.8, 4) is 11.1 Å². The summed E-state index contributed by atoms with van der Waals surface area (Å²) in [5.41, 5.74) is 3.68. The summed E-state index contributed by atoms with van der Waals surface area (Å²) in [5.74, 6) is -0.0643. The van der Waals surface area contributed by atoms with Gasteiger partial charge in [0.1, 0.15) is 12.9 Å². The molecular weight excluding hydrogens is 431 g/mol. The monoisotopic (exact) mass is 451 g/mol. The number of hydrogen-bond donors (Lipinski definition) is 1. The van der Waals surface area contributed by atoms with E-state index in [2.05, 4.69) is 5.32 Å². The minimum atomic E-state index is -4.55. The number of carbonyl (C=O) groups excluding carboxylic acids is 2. The molecule has 0 bridgehead atoms. The van der Waals surface area contributed by atoms with Gasteiger partial charge in [0.25, 0.3) is 0 Å². The largest absolute Gasteiger partial charge is 0.449 e. The van der Waals surface area contributed by atoms with Crippen LogP contribution >= 0.6 is 0 Å². The summed E-state index contributed by atoms with van der Waals surface area (Å²) in [6.45, 7) is 0.225. The molecule has 0 aliphatic heterocycles. The van der Waals surface area contributed by atoms with E-state index in [0.717, 1.165) is 34.4 Å². The lowest BCUT2D eigenvalue weighted by Crippen LogP contribution is -2.26. The van der Waals surface area contributed by atoms with Crippen LogP contribution in [0.3, 0.4) is 0 Å². The molecule has 168 valence electrons. The second-order valence-electron chi connectivity index (χ2n) is 7.61. The smallest absolute Gasteiger partial charge is 0.416 e. The zero-order chi connectivity index (χ0) is 23.4. The normalized spacial score (nSPS) is 12.9. The molecule has 0 saturated carbocycles. The van der Waals surface area contributed by atoms with Gasteiger partial charge in [-0.15, -0.1) is 0 Å². The predicted octanol–water partition coefficient (Wildman–Crippen LogP) is 6.07. The summed E-state index contributed by atoms with van der Waals surface area (Å²) >= 11 is 0. The molecule has 3 aromatic carbocycles. The summed E-state index contributed by atoms with van der Waals surface area (Å²) in [6.07, 6.45) is -1.92. The van der Waals surface area contributed by atoms with Gasteiger partial charge in [-0.2, -0.15) is 13.2 Å². The Hall–Kier alpha value is -3.87. The van der Waals surface area contributed by atoms with E-state index >= 15 is 0 Å². The van der Waals surface area contributed by atoms with E-state index in [1.807, 2.05) is 48.5 Å². The van der Waals surface area contributed by atoms with Crippen molar-refractivity contribution >= 4 is 18.5 Å². The SMILES string of the molecule is O=Cc1cc(C=CCNC(=O)OCC2c3ccccc3-c3ccccc32)cc(C(F)(F)F)c1. The van der Waals surface area contributed by atoms with Gasteiger partial charge < -0.3 is 10.1 Å². The number of carbonyl (C=O) groups is 2. The molecule has 33 heavy (non-hydrogen) atoms. The Labute approximate surface area is 188 Å². The maximum Gasteiger partial charge on any atom is 0.416 e. The number of halogens is 3. The summed E-state index contributed by atoms with van der Waals surface area (Å²) < 4.78 is 44.3. The van der Waals surface area contributed by atoms with Gasteiger partial charge in [0.2, 0.25) is 0 Å². The first-order valence-electron chi connectivity index (χ1n) is 10.3. The molecule has 3 aromatic rings. The molecule has 0 heterocycles. The Balaban J connectivity index is 1.35. The standard InChI is InChI=1S/C26H20F3NO3/c27-26(28,29)19-13-17(12-18(14-19)15-31)6-5-11-30-25(32)33-16-24-22-9-3-1-7-20(22)21-8-2-4-10-23(21)24/h1-10,12-15,24H,11,16H2,(H,30,32). The van der Waals surface area contributed by atoms with E-state index in [9.17, 15) is 22.8 Å². The predicted molar refractivity (Wildman–Crippen MR) is 119 cm³/mol. The number of fused-ring (bicyclic) bond motifs is 3. The molecule has 0 aromatic heterocycles. The Kier molecular flexibility index (Phi) is 6.31. The topological polar surface area (TPSA) is 55.4 Å². The van der Waals surface area contributed by atoms with Crippen molar-refractivity contribution in [3.63, 3.8) is 0 Å². The first kappa shape index (κ1) is 22.3. The fourth-order valence-electron chi connectivity index (χ4n) is 3.99. The first-order valence-corrected chi connectivity index (χ1v) is 10.3. The summed E-state index contributed by atoms with van der Waals surface area (Å²) in [7, 11) is 0. The number of amides is 1. The molecule has 1 aliphatic rings. The fourth-order valence-corrected chi connectivity index (χ4v) is 3.99. The Morgan fingerprint density at radius 1 is 0.939 bits per heavy atom. The number of alkyl carbamates (subject to hydrolysis) is 1. The first-order chi connectivity index (χ1) is 15.9. The van der Waals surface area contributed by atoms with Gasteiger partial charge in [-0.1, -0.05) is 60.7 Å². The van der Waals surface area contributed by atoms with Crippen molar-refractivity contribution in [2.24, 2.45) is 0 Å². The van der Waals surface area contributed by atoms with Crippen LogP contribution in [0.4, 0.5) is 18.0 Å². The maximum atomic E-state index is 13.0. The molecule has 4 rings (SSSR count). The Morgan fingerprint density at radius 3 is 2.15 bits per heavy atom. The lowest BCUT2D eigenvalue weighted by molar-refractivity contribution is -0.137. The molecule has 0 spiro atoms. The summed E-state index contributed by atoms with van der Waals surface area (Å²) in [5, 5.41) is 2.56. The van der Waals surface area contributed by atoms with E-state index in [-0.39, 0.29) is 30.2 Å². The van der Waals surface area contributed by atoms with E-state index < -0.39 is 17.8 Å². The number of ether oxygens (including phenoxy) is 1. The highest BCUT2D eigenvalue weighted by Crippen LogP contribution is 2.44. The van der Waals surface area contributed by atoms with Gasteiger partial charge in [0, 0.05) is 18.0 Å². The van der Waals surface area contributed by atoms with Crippen LogP contribution in [0.15, 0.2) is 72.8 Å². The third-order valence-corrected chi connectivity index (χ3v) is 5.46. The average molecular weight is 451 g/mol. The van der Waals surface area contributed by atoms with Crippen molar-refractivity contribution in [3.05, 3.63) is 101 Å². The van der Waals surface area contributed by atoms with Crippen LogP contribution in [-0.4, -0.2) is 25.5 Å². The molecule has 1 N–H and O–H groups in total. The average Bonchev–Trinajstić information content (AvgIpc) is 3.13. The Morgan fingerprint density at radius 2 is 1.55 bits per heavy atom. The quantitative estimate of drug-likeness (QED) is 0.463. The van der Waals surface area contributed by atoms with Crippen LogP contribution in [0.1, 0.15) is 38.5 Å². The van der Waals surface area contributed by atoms with E-state index in [1.54, 1.807) is 0 Å². The number of benzene rings is 3. The van der Waals surface area contributed by atoms with Crippen molar-refractivity contribution in [2.45, 2.75) is 12.1 Å². The molecule has 0 fully saturated rings.